The van der Waals surface area contributed by atoms with Crippen molar-refractivity contribution in [2.24, 2.45) is 0 Å². The van der Waals surface area contributed by atoms with Crippen molar-refractivity contribution in [3.8, 4) is 0 Å². The summed E-state index contributed by atoms with van der Waals surface area (Å²) in [6.45, 7) is -0.206. The summed E-state index contributed by atoms with van der Waals surface area (Å²) in [6, 6.07) is 7.51. The minimum Gasteiger partial charge on any atom is -0.347 e. The zero-order valence-corrected chi connectivity index (χ0v) is 7.16. The zero-order chi connectivity index (χ0) is 9.52. The monoisotopic (exact) mass is 175 g/mol. The van der Waals surface area contributed by atoms with E-state index < -0.39 is 0 Å². The van der Waals surface area contributed by atoms with Crippen molar-refractivity contribution in [3.05, 3.63) is 35.9 Å². The van der Waals surface area contributed by atoms with Crippen molar-refractivity contribution in [1.29, 1.82) is 5.41 Å². The van der Waals surface area contributed by atoms with Crippen molar-refractivity contribution >= 4 is 18.1 Å². The van der Waals surface area contributed by atoms with Crippen LogP contribution in [0.4, 0.5) is 5.69 Å². The molecule has 0 bridgehead atoms. The van der Waals surface area contributed by atoms with Crippen LogP contribution in [0.25, 0.3) is 6.08 Å². The smallest absolute Gasteiger partial charge is 0.101 e. The molecule has 0 aliphatic rings. The van der Waals surface area contributed by atoms with Gasteiger partial charge in [-0.2, -0.15) is 0 Å². The fourth-order valence-electron chi connectivity index (χ4n) is 1.000. The molecule has 0 atom stereocenters. The van der Waals surface area contributed by atoms with E-state index in [1.165, 1.54) is 0 Å². The molecular weight excluding hydrogens is 164 g/mol. The first-order chi connectivity index (χ1) is 6.36. The lowest BCUT2D eigenvalue weighted by molar-refractivity contribution is 0.233. The molecule has 0 aliphatic carbocycles. The van der Waals surface area contributed by atoms with E-state index in [1.54, 1.807) is 12.2 Å². The summed E-state index contributed by atoms with van der Waals surface area (Å²) >= 11 is 0. The third kappa shape index (κ3) is 3.09. The van der Waals surface area contributed by atoms with Gasteiger partial charge in [0, 0.05) is 5.69 Å². The maximum absolute atomic E-state index is 10.2. The van der Waals surface area contributed by atoms with Gasteiger partial charge in [-0.05, 0) is 17.7 Å². The summed E-state index contributed by atoms with van der Waals surface area (Å²) in [4.78, 5) is 0. The molecule has 1 radical (unpaired) electrons. The Balaban J connectivity index is 2.78. The maximum atomic E-state index is 10.2. The molecule has 2 N–H and O–H groups in total. The Morgan fingerprint density at radius 1 is 1.46 bits per heavy atom. The quantitative estimate of drug-likeness (QED) is 0.534. The average molecular weight is 175 g/mol. The predicted molar refractivity (Wildman–Crippen MR) is 53.4 cm³/mol. The van der Waals surface area contributed by atoms with Gasteiger partial charge < -0.3 is 5.32 Å². The average Bonchev–Trinajstić information content (AvgIpc) is 2.16. The van der Waals surface area contributed by atoms with Crippen LogP contribution in [0.2, 0.25) is 0 Å². The van der Waals surface area contributed by atoms with Gasteiger partial charge in [-0.1, -0.05) is 24.3 Å². The third-order valence-electron chi connectivity index (χ3n) is 1.53. The second-order valence-electron chi connectivity index (χ2n) is 2.48. The van der Waals surface area contributed by atoms with Crippen molar-refractivity contribution in [3.63, 3.8) is 0 Å². The summed E-state index contributed by atoms with van der Waals surface area (Å²) in [5.41, 5.74) is 1.81. The standard InChI is InChI=1S/C10H11N2O/c11-8-12-10-5-1-3-9(7-10)4-2-6-13/h1-5,7-8H,6H2,(H2,11,12)/b4-2+. The number of benzene rings is 1. The summed E-state index contributed by atoms with van der Waals surface area (Å²) in [5, 5.41) is 19.8. The molecular formula is C10H11N2O. The lowest BCUT2D eigenvalue weighted by Crippen LogP contribution is -1.92. The number of hydrogen-bond acceptors (Lipinski definition) is 1. The zero-order valence-electron chi connectivity index (χ0n) is 7.16. The molecule has 67 valence electrons. The van der Waals surface area contributed by atoms with Crippen LogP contribution in [0.3, 0.4) is 0 Å². The molecule has 0 spiro atoms. The van der Waals surface area contributed by atoms with Gasteiger partial charge in [-0.3, -0.25) is 5.41 Å². The molecule has 0 unspecified atom stereocenters. The number of anilines is 1. The van der Waals surface area contributed by atoms with Gasteiger partial charge in [0.25, 0.3) is 0 Å². The molecule has 3 heteroatoms. The molecule has 1 aromatic rings. The molecule has 1 aromatic carbocycles. The highest BCUT2D eigenvalue weighted by Crippen LogP contribution is 2.10. The van der Waals surface area contributed by atoms with Gasteiger partial charge in [-0.15, -0.1) is 0 Å². The first-order valence-corrected chi connectivity index (χ1v) is 3.97. The Morgan fingerprint density at radius 2 is 2.31 bits per heavy atom. The van der Waals surface area contributed by atoms with Crippen LogP contribution in [0.15, 0.2) is 30.3 Å². The largest absolute Gasteiger partial charge is 0.347 e. The molecule has 0 fully saturated rings. The fraction of sp³-hybridized carbons (Fsp3) is 0.100. The molecule has 0 aromatic heterocycles. The second-order valence-corrected chi connectivity index (χ2v) is 2.48. The fourth-order valence-corrected chi connectivity index (χ4v) is 1.000. The predicted octanol–water partition coefficient (Wildman–Crippen LogP) is 2.15. The van der Waals surface area contributed by atoms with E-state index in [4.69, 9.17) is 5.41 Å². The maximum Gasteiger partial charge on any atom is 0.101 e. The van der Waals surface area contributed by atoms with E-state index in [0.717, 1.165) is 17.6 Å². The van der Waals surface area contributed by atoms with Crippen molar-refractivity contribution in [1.82, 2.24) is 0 Å². The Labute approximate surface area is 77.2 Å². The van der Waals surface area contributed by atoms with Crippen molar-refractivity contribution < 1.29 is 5.11 Å². The van der Waals surface area contributed by atoms with Gasteiger partial charge in [0.15, 0.2) is 0 Å². The molecule has 0 saturated carbocycles. The Morgan fingerprint density at radius 3 is 3.00 bits per heavy atom. The highest BCUT2D eigenvalue weighted by Gasteiger charge is 1.89. The number of nitrogens with one attached hydrogen (secondary N) is 2. The van der Waals surface area contributed by atoms with Crippen LogP contribution in [0, 0.1) is 5.41 Å². The lowest BCUT2D eigenvalue weighted by Gasteiger charge is -1.99. The summed E-state index contributed by atoms with van der Waals surface area (Å²) in [7, 11) is 0. The third-order valence-corrected chi connectivity index (χ3v) is 1.53. The van der Waals surface area contributed by atoms with Crippen LogP contribution >= 0.6 is 0 Å². The molecule has 0 saturated heterocycles. The normalized spacial score (nSPS) is 10.2. The topological polar surface area (TPSA) is 55.8 Å². The van der Waals surface area contributed by atoms with Crippen molar-refractivity contribution in [2.75, 3.05) is 11.9 Å². The molecule has 13 heavy (non-hydrogen) atoms. The summed E-state index contributed by atoms with van der Waals surface area (Å²) in [6.07, 6.45) is 4.45. The first kappa shape index (κ1) is 9.48. The van der Waals surface area contributed by atoms with Gasteiger partial charge in [0.2, 0.25) is 0 Å². The van der Waals surface area contributed by atoms with E-state index in [2.05, 4.69) is 5.32 Å². The van der Waals surface area contributed by atoms with E-state index in [-0.39, 0.29) is 6.61 Å². The second kappa shape index (κ2) is 5.11. The van der Waals surface area contributed by atoms with Gasteiger partial charge in [0.1, 0.15) is 6.61 Å². The SMILES string of the molecule is N=CNc1cccc(/C=C/C[O])c1. The number of hydrogen-bond donors (Lipinski definition) is 2. The van der Waals surface area contributed by atoms with Crippen LogP contribution < -0.4 is 5.32 Å². The van der Waals surface area contributed by atoms with Gasteiger partial charge >= 0.3 is 0 Å². The van der Waals surface area contributed by atoms with E-state index in [9.17, 15) is 5.11 Å². The Kier molecular flexibility index (Phi) is 3.73. The van der Waals surface area contributed by atoms with E-state index in [1.807, 2.05) is 24.3 Å². The van der Waals surface area contributed by atoms with E-state index >= 15 is 0 Å². The van der Waals surface area contributed by atoms with E-state index in [0.29, 0.717) is 0 Å². The molecule has 1 rings (SSSR count). The minimum absolute atomic E-state index is 0.206. The van der Waals surface area contributed by atoms with Crippen LogP contribution in [0.5, 0.6) is 0 Å². The molecule has 3 nitrogen and oxygen atoms in total. The lowest BCUT2D eigenvalue weighted by atomic mass is 10.2. The summed E-state index contributed by atoms with van der Waals surface area (Å²) < 4.78 is 0. The Hall–Kier alpha value is -1.61. The van der Waals surface area contributed by atoms with Crippen molar-refractivity contribution in [2.45, 2.75) is 0 Å². The molecule has 0 aliphatic heterocycles. The van der Waals surface area contributed by atoms with Crippen LogP contribution in [-0.2, 0) is 5.11 Å². The van der Waals surface area contributed by atoms with Crippen LogP contribution in [-0.4, -0.2) is 12.9 Å². The Bertz CT molecular complexity index is 308. The first-order valence-electron chi connectivity index (χ1n) is 3.97. The summed E-state index contributed by atoms with van der Waals surface area (Å²) in [5.74, 6) is 0. The minimum atomic E-state index is -0.206. The molecule has 0 heterocycles. The van der Waals surface area contributed by atoms with Crippen LogP contribution in [0.1, 0.15) is 5.56 Å². The van der Waals surface area contributed by atoms with Gasteiger partial charge in [0.05, 0.1) is 6.34 Å². The van der Waals surface area contributed by atoms with Gasteiger partial charge in [-0.25, -0.2) is 5.11 Å². The highest BCUT2D eigenvalue weighted by molar-refractivity contribution is 5.74. The highest BCUT2D eigenvalue weighted by atomic mass is 16.2. The molecule has 0 amide bonds. The number of rotatable bonds is 4.